The largest absolute Gasteiger partial charge is 0.337 e. The van der Waals surface area contributed by atoms with E-state index in [2.05, 4.69) is 21.2 Å². The molecule has 1 fully saturated rings. The van der Waals surface area contributed by atoms with E-state index in [0.29, 0.717) is 12.1 Å². The van der Waals surface area contributed by atoms with Crippen LogP contribution in [0.4, 0.5) is 0 Å². The zero-order valence-corrected chi connectivity index (χ0v) is 18.0. The summed E-state index contributed by atoms with van der Waals surface area (Å²) in [6.07, 6.45) is 3.80. The van der Waals surface area contributed by atoms with Gasteiger partial charge in [-0.15, -0.1) is 0 Å². The van der Waals surface area contributed by atoms with E-state index in [9.17, 15) is 4.79 Å². The molecule has 1 aromatic heterocycles. The summed E-state index contributed by atoms with van der Waals surface area (Å²) >= 11 is 6.35. The second kappa shape index (κ2) is 9.45. The van der Waals surface area contributed by atoms with Crippen molar-refractivity contribution in [3.8, 4) is 0 Å². The molecule has 1 aliphatic heterocycles. The van der Waals surface area contributed by atoms with E-state index in [0.717, 1.165) is 54.3 Å². The summed E-state index contributed by atoms with van der Waals surface area (Å²) in [5, 5.41) is 8.14. The number of aromatic amines is 1. The van der Waals surface area contributed by atoms with Gasteiger partial charge in [-0.1, -0.05) is 60.1 Å². The van der Waals surface area contributed by atoms with E-state index >= 15 is 0 Å². The first-order valence-electron chi connectivity index (χ1n) is 10.4. The molecule has 6 heteroatoms. The van der Waals surface area contributed by atoms with Gasteiger partial charge in [0.05, 0.1) is 17.5 Å². The smallest absolute Gasteiger partial charge is 0.257 e. The topological polar surface area (TPSA) is 52.2 Å². The maximum absolute atomic E-state index is 13.1. The lowest BCUT2D eigenvalue weighted by atomic mass is 9.92. The Labute approximate surface area is 182 Å². The lowest BCUT2D eigenvalue weighted by Gasteiger charge is -2.33. The third kappa shape index (κ3) is 4.74. The number of hydrogen-bond donors (Lipinski definition) is 1. The maximum Gasteiger partial charge on any atom is 0.257 e. The molecule has 0 spiro atoms. The van der Waals surface area contributed by atoms with Crippen LogP contribution in [0.5, 0.6) is 0 Å². The number of hydrogen-bond acceptors (Lipinski definition) is 3. The molecule has 1 N–H and O–H groups in total. The number of H-pyrrole nitrogens is 1. The molecular weight excluding hydrogens is 396 g/mol. The third-order valence-corrected chi connectivity index (χ3v) is 6.14. The van der Waals surface area contributed by atoms with Crippen LogP contribution in [0.1, 0.15) is 45.9 Å². The Balaban J connectivity index is 1.45. The van der Waals surface area contributed by atoms with Gasteiger partial charge >= 0.3 is 0 Å². The number of carbonyl (C=O) groups is 1. The Morgan fingerprint density at radius 1 is 1.20 bits per heavy atom. The number of halogens is 1. The highest BCUT2D eigenvalue weighted by Crippen LogP contribution is 2.30. The molecule has 156 valence electrons. The number of likely N-dealkylation sites (tertiary alicyclic amines) is 1. The van der Waals surface area contributed by atoms with E-state index in [1.807, 2.05) is 55.6 Å². The molecule has 0 aliphatic carbocycles. The van der Waals surface area contributed by atoms with Crippen molar-refractivity contribution in [2.24, 2.45) is 0 Å². The molecule has 1 aliphatic rings. The summed E-state index contributed by atoms with van der Waals surface area (Å²) in [6, 6.07) is 18.0. The lowest BCUT2D eigenvalue weighted by Crippen LogP contribution is -2.35. The standard InChI is InChI=1S/C24H27ClN4O/c1-28(15-18-8-3-2-4-9-18)24(30)21-14-26-27-23(21)20-11-7-13-29(17-20)16-19-10-5-6-12-22(19)25/h2-6,8-10,12,14,20H,7,11,13,15-17H2,1H3,(H,26,27). The molecule has 1 saturated heterocycles. The predicted octanol–water partition coefficient (Wildman–Crippen LogP) is 4.71. The quantitative estimate of drug-likeness (QED) is 0.625. The molecule has 1 atom stereocenters. The molecule has 2 aromatic carbocycles. The van der Waals surface area contributed by atoms with Crippen molar-refractivity contribution < 1.29 is 4.79 Å². The van der Waals surface area contributed by atoms with Crippen LogP contribution >= 0.6 is 11.6 Å². The van der Waals surface area contributed by atoms with Crippen LogP contribution in [-0.4, -0.2) is 46.0 Å². The molecule has 5 nitrogen and oxygen atoms in total. The van der Waals surface area contributed by atoms with Crippen molar-refractivity contribution in [2.75, 3.05) is 20.1 Å². The highest BCUT2D eigenvalue weighted by atomic mass is 35.5. The van der Waals surface area contributed by atoms with E-state index in [4.69, 9.17) is 11.6 Å². The molecule has 4 rings (SSSR count). The van der Waals surface area contributed by atoms with E-state index in [-0.39, 0.29) is 11.8 Å². The van der Waals surface area contributed by atoms with Crippen LogP contribution in [0.15, 0.2) is 60.8 Å². The Kier molecular flexibility index (Phi) is 6.50. The van der Waals surface area contributed by atoms with Crippen molar-refractivity contribution >= 4 is 17.5 Å². The number of amides is 1. The van der Waals surface area contributed by atoms with Gasteiger partial charge in [-0.05, 0) is 36.6 Å². The van der Waals surface area contributed by atoms with Crippen LogP contribution < -0.4 is 0 Å². The predicted molar refractivity (Wildman–Crippen MR) is 120 cm³/mol. The Hall–Kier alpha value is -2.63. The number of piperidine rings is 1. The van der Waals surface area contributed by atoms with Crippen LogP contribution in [-0.2, 0) is 13.1 Å². The van der Waals surface area contributed by atoms with Crippen LogP contribution in [0.3, 0.4) is 0 Å². The highest BCUT2D eigenvalue weighted by Gasteiger charge is 2.28. The van der Waals surface area contributed by atoms with Gasteiger partial charge < -0.3 is 4.90 Å². The number of nitrogens with zero attached hydrogens (tertiary/aromatic N) is 3. The first kappa shape index (κ1) is 20.6. The number of benzene rings is 2. The van der Waals surface area contributed by atoms with Crippen molar-refractivity contribution in [1.29, 1.82) is 0 Å². The Morgan fingerprint density at radius 2 is 1.97 bits per heavy atom. The van der Waals surface area contributed by atoms with E-state index in [1.165, 1.54) is 0 Å². The summed E-state index contributed by atoms with van der Waals surface area (Å²) in [5.74, 6) is 0.263. The van der Waals surface area contributed by atoms with Crippen molar-refractivity contribution in [3.63, 3.8) is 0 Å². The second-order valence-corrected chi connectivity index (χ2v) is 8.42. The second-order valence-electron chi connectivity index (χ2n) is 8.01. The first-order chi connectivity index (χ1) is 14.6. The normalized spacial score (nSPS) is 17.1. The number of nitrogens with one attached hydrogen (secondary N) is 1. The Morgan fingerprint density at radius 3 is 2.77 bits per heavy atom. The zero-order valence-electron chi connectivity index (χ0n) is 17.2. The van der Waals surface area contributed by atoms with Gasteiger partial charge in [-0.25, -0.2) is 0 Å². The van der Waals surface area contributed by atoms with Gasteiger partial charge in [0.15, 0.2) is 0 Å². The molecule has 1 unspecified atom stereocenters. The number of carbonyl (C=O) groups excluding carboxylic acids is 1. The Bertz CT molecular complexity index is 988. The SMILES string of the molecule is CN(Cc1ccccc1)C(=O)c1cn[nH]c1C1CCCN(Cc2ccccc2Cl)C1. The monoisotopic (exact) mass is 422 g/mol. The zero-order chi connectivity index (χ0) is 20.9. The minimum Gasteiger partial charge on any atom is -0.337 e. The summed E-state index contributed by atoms with van der Waals surface area (Å²) in [5.41, 5.74) is 3.88. The van der Waals surface area contributed by atoms with Gasteiger partial charge in [0.2, 0.25) is 0 Å². The van der Waals surface area contributed by atoms with Crippen molar-refractivity contribution in [2.45, 2.75) is 31.8 Å². The summed E-state index contributed by atoms with van der Waals surface area (Å²) in [7, 11) is 1.84. The maximum atomic E-state index is 13.1. The molecule has 2 heterocycles. The highest BCUT2D eigenvalue weighted by molar-refractivity contribution is 6.31. The lowest BCUT2D eigenvalue weighted by molar-refractivity contribution is 0.0782. The minimum atomic E-state index is 0.00540. The van der Waals surface area contributed by atoms with E-state index in [1.54, 1.807) is 11.1 Å². The van der Waals surface area contributed by atoms with Crippen LogP contribution in [0, 0.1) is 0 Å². The van der Waals surface area contributed by atoms with Crippen LogP contribution in [0.2, 0.25) is 5.02 Å². The summed E-state index contributed by atoms with van der Waals surface area (Å²) < 4.78 is 0. The molecule has 0 saturated carbocycles. The average molecular weight is 423 g/mol. The fourth-order valence-electron chi connectivity index (χ4n) is 4.21. The van der Waals surface area contributed by atoms with Gasteiger partial charge in [0, 0.05) is 37.6 Å². The van der Waals surface area contributed by atoms with Gasteiger partial charge in [0.1, 0.15) is 0 Å². The summed E-state index contributed by atoms with van der Waals surface area (Å²) in [6.45, 7) is 3.32. The third-order valence-electron chi connectivity index (χ3n) is 5.77. The molecule has 0 bridgehead atoms. The van der Waals surface area contributed by atoms with E-state index < -0.39 is 0 Å². The molecule has 30 heavy (non-hydrogen) atoms. The molecule has 3 aromatic rings. The summed E-state index contributed by atoms with van der Waals surface area (Å²) in [4.78, 5) is 17.3. The fraction of sp³-hybridized carbons (Fsp3) is 0.333. The first-order valence-corrected chi connectivity index (χ1v) is 10.8. The van der Waals surface area contributed by atoms with Gasteiger partial charge in [-0.2, -0.15) is 5.10 Å². The van der Waals surface area contributed by atoms with Gasteiger partial charge in [-0.3, -0.25) is 14.8 Å². The minimum absolute atomic E-state index is 0.00540. The van der Waals surface area contributed by atoms with Gasteiger partial charge in [0.25, 0.3) is 5.91 Å². The molecular formula is C24H27ClN4O. The molecule has 0 radical (unpaired) electrons. The van der Waals surface area contributed by atoms with Crippen molar-refractivity contribution in [1.82, 2.24) is 20.0 Å². The molecule has 1 amide bonds. The fourth-order valence-corrected chi connectivity index (χ4v) is 4.41. The number of rotatable bonds is 6. The average Bonchev–Trinajstić information content (AvgIpc) is 3.26. The van der Waals surface area contributed by atoms with Crippen molar-refractivity contribution in [3.05, 3.63) is 88.2 Å². The van der Waals surface area contributed by atoms with Crippen LogP contribution in [0.25, 0.3) is 0 Å². The number of aromatic nitrogens is 2.